The average molecular weight is 432 g/mol. The van der Waals surface area contributed by atoms with Crippen LogP contribution in [-0.2, 0) is 0 Å². The highest BCUT2D eigenvalue weighted by Gasteiger charge is 2.44. The summed E-state index contributed by atoms with van der Waals surface area (Å²) in [6.07, 6.45) is 1.61. The summed E-state index contributed by atoms with van der Waals surface area (Å²) in [4.78, 5) is 32.6. The summed E-state index contributed by atoms with van der Waals surface area (Å²) < 4.78 is 24.9. The van der Waals surface area contributed by atoms with Gasteiger partial charge in [0.1, 0.15) is 17.2 Å². The first kappa shape index (κ1) is 19.7. The number of hydrogen-bond acceptors (Lipinski definition) is 6. The zero-order chi connectivity index (χ0) is 22.6. The molecule has 0 saturated carbocycles. The minimum absolute atomic E-state index is 0.0333. The molecule has 3 heterocycles. The Labute approximate surface area is 181 Å². The number of phenols is 1. The van der Waals surface area contributed by atoms with Gasteiger partial charge in [0, 0.05) is 6.20 Å². The molecule has 0 bridgehead atoms. The van der Waals surface area contributed by atoms with Crippen molar-refractivity contribution in [2.24, 2.45) is 0 Å². The molecular weight excluding hydrogens is 415 g/mol. The third-order valence-electron chi connectivity index (χ3n) is 5.49. The molecule has 5 rings (SSSR count). The third-order valence-corrected chi connectivity index (χ3v) is 5.49. The number of aromatic nitrogens is 1. The molecule has 1 aliphatic heterocycles. The van der Waals surface area contributed by atoms with E-state index in [2.05, 4.69) is 4.98 Å². The standard InChI is InChI=1S/C24H17FN2O5/c1-12-3-8-19(26-11-12)27-21(13-4-6-16(28)18(9-13)31-2)20-22(29)15-10-14(25)5-7-17(15)32-23(20)24(27)30/h3-11,21,28H,1-2H3. The number of rotatable bonds is 3. The number of methoxy groups -OCH3 is 1. The molecule has 1 N–H and O–H groups in total. The van der Waals surface area contributed by atoms with E-state index in [1.54, 1.807) is 30.5 Å². The smallest absolute Gasteiger partial charge is 0.296 e. The summed E-state index contributed by atoms with van der Waals surface area (Å²) in [6, 6.07) is 10.7. The zero-order valence-electron chi connectivity index (χ0n) is 17.1. The Morgan fingerprint density at radius 3 is 2.66 bits per heavy atom. The summed E-state index contributed by atoms with van der Waals surface area (Å²) >= 11 is 0. The molecule has 1 aliphatic rings. The normalized spacial score (nSPS) is 15.3. The molecule has 160 valence electrons. The van der Waals surface area contributed by atoms with Crippen LogP contribution in [0.1, 0.15) is 33.3 Å². The number of halogens is 1. The second-order valence-corrected chi connectivity index (χ2v) is 7.52. The maximum absolute atomic E-state index is 13.9. The number of benzene rings is 2. The first-order chi connectivity index (χ1) is 15.4. The van der Waals surface area contributed by atoms with Crippen LogP contribution in [0.25, 0.3) is 11.0 Å². The quantitative estimate of drug-likeness (QED) is 0.524. The third kappa shape index (κ3) is 2.91. The van der Waals surface area contributed by atoms with Crippen molar-refractivity contribution >= 4 is 22.7 Å². The van der Waals surface area contributed by atoms with Gasteiger partial charge in [-0.2, -0.15) is 0 Å². The lowest BCUT2D eigenvalue weighted by atomic mass is 9.98. The fourth-order valence-electron chi connectivity index (χ4n) is 3.96. The number of nitrogens with zero attached hydrogens (tertiary/aromatic N) is 2. The number of hydrogen-bond donors (Lipinski definition) is 1. The van der Waals surface area contributed by atoms with Crippen LogP contribution >= 0.6 is 0 Å². The predicted molar refractivity (Wildman–Crippen MR) is 115 cm³/mol. The number of phenolic OH excluding ortho intramolecular Hbond substituents is 1. The monoisotopic (exact) mass is 432 g/mol. The SMILES string of the molecule is COc1cc(C2c3c(oc4ccc(F)cc4c3=O)C(=O)N2c2ccc(C)cn2)ccc1O. The fraction of sp³-hybridized carbons (Fsp3) is 0.125. The van der Waals surface area contributed by atoms with Gasteiger partial charge in [-0.25, -0.2) is 9.37 Å². The Hall–Kier alpha value is -4.20. The van der Waals surface area contributed by atoms with E-state index >= 15 is 0 Å². The van der Waals surface area contributed by atoms with Crippen LogP contribution < -0.4 is 15.1 Å². The summed E-state index contributed by atoms with van der Waals surface area (Å²) in [5.74, 6) is -0.859. The number of anilines is 1. The van der Waals surface area contributed by atoms with Gasteiger partial charge < -0.3 is 14.3 Å². The maximum atomic E-state index is 13.9. The largest absolute Gasteiger partial charge is 0.504 e. The second kappa shape index (κ2) is 7.19. The number of amides is 1. The number of fused-ring (bicyclic) bond motifs is 2. The predicted octanol–water partition coefficient (Wildman–Crippen LogP) is 4.10. The van der Waals surface area contributed by atoms with Crippen LogP contribution in [0.15, 0.2) is 63.9 Å². The molecule has 1 unspecified atom stereocenters. The van der Waals surface area contributed by atoms with Gasteiger partial charge in [0.25, 0.3) is 5.91 Å². The Kier molecular flexibility index (Phi) is 4.44. The number of carbonyl (C=O) groups excluding carboxylic acids is 1. The minimum Gasteiger partial charge on any atom is -0.504 e. The van der Waals surface area contributed by atoms with E-state index in [4.69, 9.17) is 9.15 Å². The molecular formula is C24H17FN2O5. The molecule has 1 amide bonds. The van der Waals surface area contributed by atoms with E-state index in [-0.39, 0.29) is 33.8 Å². The van der Waals surface area contributed by atoms with E-state index in [1.807, 2.05) is 6.92 Å². The number of pyridine rings is 1. The van der Waals surface area contributed by atoms with Gasteiger partial charge in [-0.05, 0) is 54.4 Å². The lowest BCUT2D eigenvalue weighted by Gasteiger charge is -2.24. The molecule has 8 heteroatoms. The molecule has 4 aromatic rings. The number of ether oxygens (including phenoxy) is 1. The molecule has 0 radical (unpaired) electrons. The van der Waals surface area contributed by atoms with E-state index in [9.17, 15) is 19.1 Å². The van der Waals surface area contributed by atoms with Crippen LogP contribution in [-0.4, -0.2) is 23.1 Å². The molecule has 2 aromatic heterocycles. The molecule has 0 spiro atoms. The van der Waals surface area contributed by atoms with Gasteiger partial charge in [-0.15, -0.1) is 0 Å². The molecule has 0 fully saturated rings. The van der Waals surface area contributed by atoms with Crippen LogP contribution in [0.5, 0.6) is 11.5 Å². The van der Waals surface area contributed by atoms with Crippen molar-refractivity contribution < 1.29 is 23.4 Å². The van der Waals surface area contributed by atoms with Crippen molar-refractivity contribution in [1.82, 2.24) is 4.98 Å². The molecule has 2 aromatic carbocycles. The highest BCUT2D eigenvalue weighted by Crippen LogP contribution is 2.42. The molecule has 0 saturated heterocycles. The van der Waals surface area contributed by atoms with E-state index in [0.29, 0.717) is 11.4 Å². The summed E-state index contributed by atoms with van der Waals surface area (Å²) in [6.45, 7) is 1.87. The van der Waals surface area contributed by atoms with Gasteiger partial charge in [0.15, 0.2) is 16.9 Å². The molecule has 7 nitrogen and oxygen atoms in total. The highest BCUT2D eigenvalue weighted by atomic mass is 19.1. The van der Waals surface area contributed by atoms with Crippen molar-refractivity contribution in [1.29, 1.82) is 0 Å². The van der Waals surface area contributed by atoms with Gasteiger partial charge in [0.2, 0.25) is 5.76 Å². The Morgan fingerprint density at radius 2 is 1.94 bits per heavy atom. The number of aromatic hydroxyl groups is 1. The first-order valence-electron chi connectivity index (χ1n) is 9.78. The van der Waals surface area contributed by atoms with Gasteiger partial charge in [-0.1, -0.05) is 12.1 Å². The van der Waals surface area contributed by atoms with E-state index in [0.717, 1.165) is 11.6 Å². The van der Waals surface area contributed by atoms with Gasteiger partial charge in [-0.3, -0.25) is 14.5 Å². The second-order valence-electron chi connectivity index (χ2n) is 7.52. The van der Waals surface area contributed by atoms with Gasteiger partial charge >= 0.3 is 0 Å². The van der Waals surface area contributed by atoms with Crippen molar-refractivity contribution in [2.45, 2.75) is 13.0 Å². The number of aryl methyl sites for hydroxylation is 1. The lowest BCUT2D eigenvalue weighted by Crippen LogP contribution is -2.30. The van der Waals surface area contributed by atoms with E-state index in [1.165, 1.54) is 30.2 Å². The van der Waals surface area contributed by atoms with E-state index < -0.39 is 23.2 Å². The Balaban J connectivity index is 1.82. The van der Waals surface area contributed by atoms with Crippen molar-refractivity contribution in [3.8, 4) is 11.5 Å². The maximum Gasteiger partial charge on any atom is 0.296 e. The van der Waals surface area contributed by atoms with Crippen molar-refractivity contribution in [3.05, 3.63) is 93.2 Å². The minimum atomic E-state index is -0.911. The molecule has 32 heavy (non-hydrogen) atoms. The van der Waals surface area contributed by atoms with Crippen LogP contribution in [0, 0.1) is 12.7 Å². The first-order valence-corrected chi connectivity index (χ1v) is 9.78. The van der Waals surface area contributed by atoms with Crippen LogP contribution in [0.4, 0.5) is 10.2 Å². The number of carbonyl (C=O) groups is 1. The molecule has 0 aliphatic carbocycles. The van der Waals surface area contributed by atoms with Crippen LogP contribution in [0.2, 0.25) is 0 Å². The Morgan fingerprint density at radius 1 is 1.12 bits per heavy atom. The van der Waals surface area contributed by atoms with Crippen LogP contribution in [0.3, 0.4) is 0 Å². The summed E-state index contributed by atoms with van der Waals surface area (Å²) in [5, 5.41) is 10.1. The lowest BCUT2D eigenvalue weighted by molar-refractivity contribution is 0.0970. The van der Waals surface area contributed by atoms with Gasteiger partial charge in [0.05, 0.1) is 24.1 Å². The molecule has 1 atom stereocenters. The Bertz CT molecular complexity index is 1450. The topological polar surface area (TPSA) is 92.9 Å². The summed E-state index contributed by atoms with van der Waals surface area (Å²) in [5.41, 5.74) is 1.07. The van der Waals surface area contributed by atoms with Crippen molar-refractivity contribution in [3.63, 3.8) is 0 Å². The summed E-state index contributed by atoms with van der Waals surface area (Å²) in [7, 11) is 1.40. The average Bonchev–Trinajstić information content (AvgIpc) is 3.08. The zero-order valence-corrected chi connectivity index (χ0v) is 17.1. The van der Waals surface area contributed by atoms with Crippen molar-refractivity contribution in [2.75, 3.05) is 12.0 Å². The fourth-order valence-corrected chi connectivity index (χ4v) is 3.96. The highest BCUT2D eigenvalue weighted by molar-refractivity contribution is 6.10.